The number of halogens is 1. The van der Waals surface area contributed by atoms with Crippen molar-refractivity contribution in [2.45, 2.75) is 6.54 Å². The molecule has 0 saturated heterocycles. The van der Waals surface area contributed by atoms with Crippen molar-refractivity contribution in [3.05, 3.63) is 70.2 Å². The van der Waals surface area contributed by atoms with Crippen LogP contribution < -0.4 is 0 Å². The molecule has 2 aromatic carbocycles. The van der Waals surface area contributed by atoms with E-state index in [0.29, 0.717) is 5.02 Å². The first-order valence-corrected chi connectivity index (χ1v) is 9.38. The first-order valence-electron chi connectivity index (χ1n) is 8.19. The molecule has 0 unspecified atom stereocenters. The van der Waals surface area contributed by atoms with Crippen molar-refractivity contribution >= 4 is 51.1 Å². The molecule has 3 rings (SSSR count). The molecule has 0 aliphatic carbocycles. The summed E-state index contributed by atoms with van der Waals surface area (Å²) in [6.07, 6.45) is 3.09. The molecule has 1 heterocycles. The Morgan fingerprint density at radius 2 is 1.93 bits per heavy atom. The van der Waals surface area contributed by atoms with Gasteiger partial charge in [-0.25, -0.2) is 4.98 Å². The van der Waals surface area contributed by atoms with Crippen LogP contribution in [0.15, 0.2) is 54.6 Å². The Morgan fingerprint density at radius 3 is 2.63 bits per heavy atom. The third-order valence-electron chi connectivity index (χ3n) is 3.82. The predicted octanol–water partition coefficient (Wildman–Crippen LogP) is 4.16. The Bertz CT molecular complexity index is 949. The van der Waals surface area contributed by atoms with Gasteiger partial charge in [0.1, 0.15) is 11.6 Å². The summed E-state index contributed by atoms with van der Waals surface area (Å²) in [6.45, 7) is 0.136. The lowest BCUT2D eigenvalue weighted by atomic mass is 10.2. The van der Waals surface area contributed by atoms with Gasteiger partial charge in [-0.3, -0.25) is 9.59 Å². The predicted molar refractivity (Wildman–Crippen MR) is 108 cm³/mol. The Kier molecular flexibility index (Phi) is 6.21. The van der Waals surface area contributed by atoms with Crippen LogP contribution in [0.3, 0.4) is 0 Å². The number of methoxy groups -OCH3 is 1. The number of fused-ring (bicyclic) bond motifs is 1. The molecule has 0 aliphatic rings. The molecule has 0 atom stereocenters. The normalized spacial score (nSPS) is 11.0. The molecule has 0 spiro atoms. The Morgan fingerprint density at radius 1 is 1.19 bits per heavy atom. The molecule has 1 aromatic heterocycles. The van der Waals surface area contributed by atoms with Gasteiger partial charge in [0.2, 0.25) is 5.91 Å². The number of ether oxygens (including phenoxy) is 1. The minimum Gasteiger partial charge on any atom is -0.468 e. The highest BCUT2D eigenvalue weighted by molar-refractivity contribution is 7.19. The van der Waals surface area contributed by atoms with Gasteiger partial charge in [-0.2, -0.15) is 0 Å². The summed E-state index contributed by atoms with van der Waals surface area (Å²) in [5, 5.41) is 1.34. The number of nitrogens with zero attached hydrogens (tertiary/aromatic N) is 2. The number of esters is 1. The van der Waals surface area contributed by atoms with Gasteiger partial charge >= 0.3 is 5.97 Å². The van der Waals surface area contributed by atoms with Crippen LogP contribution in [-0.4, -0.2) is 35.4 Å². The van der Waals surface area contributed by atoms with Gasteiger partial charge in [-0.1, -0.05) is 35.9 Å². The molecule has 1 amide bonds. The van der Waals surface area contributed by atoms with Crippen LogP contribution in [0.1, 0.15) is 10.6 Å². The van der Waals surface area contributed by atoms with Crippen molar-refractivity contribution < 1.29 is 14.3 Å². The molecular weight excluding hydrogens is 384 g/mol. The number of carbonyl (C=O) groups is 2. The van der Waals surface area contributed by atoms with Gasteiger partial charge in [-0.05, 0) is 35.9 Å². The summed E-state index contributed by atoms with van der Waals surface area (Å²) in [6, 6.07) is 14.9. The molecule has 7 heteroatoms. The van der Waals surface area contributed by atoms with E-state index in [1.54, 1.807) is 18.2 Å². The van der Waals surface area contributed by atoms with E-state index in [4.69, 9.17) is 16.3 Å². The number of carbonyl (C=O) groups excluding carboxylic acids is 2. The third-order valence-corrected chi connectivity index (χ3v) is 5.08. The smallest absolute Gasteiger partial charge is 0.325 e. The lowest BCUT2D eigenvalue weighted by Crippen LogP contribution is -2.34. The zero-order chi connectivity index (χ0) is 19.2. The molecular formula is C20H17ClN2O3S. The van der Waals surface area contributed by atoms with E-state index in [-0.39, 0.29) is 19.0 Å². The lowest BCUT2D eigenvalue weighted by molar-refractivity contribution is -0.145. The van der Waals surface area contributed by atoms with Crippen LogP contribution in [-0.2, 0) is 20.9 Å². The van der Waals surface area contributed by atoms with E-state index >= 15 is 0 Å². The van der Waals surface area contributed by atoms with E-state index < -0.39 is 5.97 Å². The minimum atomic E-state index is -0.481. The van der Waals surface area contributed by atoms with Crippen LogP contribution in [0.5, 0.6) is 0 Å². The number of amides is 1. The van der Waals surface area contributed by atoms with Crippen LogP contribution in [0.4, 0.5) is 0 Å². The van der Waals surface area contributed by atoms with Crippen LogP contribution in [0.2, 0.25) is 5.02 Å². The summed E-state index contributed by atoms with van der Waals surface area (Å²) in [7, 11) is 1.30. The summed E-state index contributed by atoms with van der Waals surface area (Å²) >= 11 is 7.40. The second-order valence-electron chi connectivity index (χ2n) is 5.75. The maximum absolute atomic E-state index is 12.6. The first-order chi connectivity index (χ1) is 13.0. The minimum absolute atomic E-state index is 0.137. The van der Waals surface area contributed by atoms with Crippen molar-refractivity contribution in [1.29, 1.82) is 0 Å². The number of aromatic nitrogens is 1. The van der Waals surface area contributed by atoms with Gasteiger partial charge in [0.05, 0.1) is 17.3 Å². The standard InChI is InChI=1S/C20H17ClN2O3S/c1-26-20(25)13-23(12-14-6-8-15(21)9-7-14)19(24)11-10-18-22-16-4-2-3-5-17(16)27-18/h2-11H,12-13H2,1H3/b11-10+. The highest BCUT2D eigenvalue weighted by Gasteiger charge is 2.16. The maximum atomic E-state index is 12.6. The summed E-state index contributed by atoms with van der Waals surface area (Å²) in [5.74, 6) is -0.777. The Hall–Kier alpha value is -2.70. The van der Waals surface area contributed by atoms with Crippen molar-refractivity contribution in [1.82, 2.24) is 9.88 Å². The van der Waals surface area contributed by atoms with Gasteiger partial charge < -0.3 is 9.64 Å². The van der Waals surface area contributed by atoms with Crippen molar-refractivity contribution in [2.75, 3.05) is 13.7 Å². The molecule has 0 radical (unpaired) electrons. The van der Waals surface area contributed by atoms with E-state index in [1.165, 1.54) is 29.4 Å². The second kappa shape index (κ2) is 8.79. The fourth-order valence-electron chi connectivity index (χ4n) is 2.45. The van der Waals surface area contributed by atoms with E-state index in [1.807, 2.05) is 36.4 Å². The van der Waals surface area contributed by atoms with Crippen LogP contribution >= 0.6 is 22.9 Å². The lowest BCUT2D eigenvalue weighted by Gasteiger charge is -2.20. The average Bonchev–Trinajstić information content (AvgIpc) is 3.10. The van der Waals surface area contributed by atoms with Crippen molar-refractivity contribution in [2.24, 2.45) is 0 Å². The zero-order valence-electron chi connectivity index (χ0n) is 14.6. The SMILES string of the molecule is COC(=O)CN(Cc1ccc(Cl)cc1)C(=O)/C=C/c1nc2ccccc2s1. The summed E-state index contributed by atoms with van der Waals surface area (Å²) in [4.78, 5) is 30.2. The molecule has 138 valence electrons. The Balaban J connectivity index is 1.76. The van der Waals surface area contributed by atoms with Crippen molar-refractivity contribution in [3.8, 4) is 0 Å². The molecule has 0 bridgehead atoms. The topological polar surface area (TPSA) is 59.5 Å². The molecule has 0 N–H and O–H groups in total. The third kappa shape index (κ3) is 5.15. The monoisotopic (exact) mass is 400 g/mol. The number of para-hydroxylation sites is 1. The number of hydrogen-bond donors (Lipinski definition) is 0. The second-order valence-corrected chi connectivity index (χ2v) is 7.25. The quantitative estimate of drug-likeness (QED) is 0.460. The summed E-state index contributed by atoms with van der Waals surface area (Å²) < 4.78 is 5.75. The van der Waals surface area contributed by atoms with Gasteiger partial charge in [-0.15, -0.1) is 11.3 Å². The maximum Gasteiger partial charge on any atom is 0.325 e. The van der Waals surface area contributed by atoms with Crippen molar-refractivity contribution in [3.63, 3.8) is 0 Å². The molecule has 0 saturated carbocycles. The van der Waals surface area contributed by atoms with Crippen LogP contribution in [0.25, 0.3) is 16.3 Å². The molecule has 27 heavy (non-hydrogen) atoms. The molecule has 0 fully saturated rings. The van der Waals surface area contributed by atoms with Gasteiger partial charge in [0.15, 0.2) is 0 Å². The van der Waals surface area contributed by atoms with E-state index in [0.717, 1.165) is 20.8 Å². The molecule has 3 aromatic rings. The fraction of sp³-hybridized carbons (Fsp3) is 0.150. The zero-order valence-corrected chi connectivity index (χ0v) is 16.2. The Labute approximate surface area is 165 Å². The highest BCUT2D eigenvalue weighted by atomic mass is 35.5. The number of rotatable bonds is 6. The molecule has 0 aliphatic heterocycles. The largest absolute Gasteiger partial charge is 0.468 e. The van der Waals surface area contributed by atoms with Gasteiger partial charge in [0.25, 0.3) is 0 Å². The highest BCUT2D eigenvalue weighted by Crippen LogP contribution is 2.22. The average molecular weight is 401 g/mol. The van der Waals surface area contributed by atoms with Gasteiger partial charge in [0, 0.05) is 17.6 Å². The van der Waals surface area contributed by atoms with E-state index in [2.05, 4.69) is 4.98 Å². The number of thiazole rings is 1. The van der Waals surface area contributed by atoms with E-state index in [9.17, 15) is 9.59 Å². The number of hydrogen-bond acceptors (Lipinski definition) is 5. The summed E-state index contributed by atoms with van der Waals surface area (Å²) in [5.41, 5.74) is 1.76. The fourth-order valence-corrected chi connectivity index (χ4v) is 3.45. The van der Waals surface area contributed by atoms with Crippen LogP contribution in [0, 0.1) is 0 Å². The molecule has 5 nitrogen and oxygen atoms in total. The number of benzene rings is 2. The first kappa shape index (κ1) is 19.1.